The van der Waals surface area contributed by atoms with Gasteiger partial charge in [-0.1, -0.05) is 12.2 Å². The molecular weight excluding hydrogens is 152 g/mol. The van der Waals surface area contributed by atoms with Gasteiger partial charge in [0.1, 0.15) is 0 Å². The average Bonchev–Trinajstić information content (AvgIpc) is 2.32. The van der Waals surface area contributed by atoms with Gasteiger partial charge in [-0.2, -0.15) is 0 Å². The molecule has 2 unspecified atom stereocenters. The fourth-order valence-corrected chi connectivity index (χ4v) is 1.91. The van der Waals surface area contributed by atoms with Gasteiger partial charge in [-0.25, -0.2) is 4.79 Å². The number of allylic oxidation sites excluding steroid dienone is 2. The van der Waals surface area contributed by atoms with Crippen molar-refractivity contribution in [3.8, 4) is 0 Å². The molecule has 66 valence electrons. The molecule has 0 radical (unpaired) electrons. The summed E-state index contributed by atoms with van der Waals surface area (Å²) in [5.41, 5.74) is 0. The van der Waals surface area contributed by atoms with Gasteiger partial charge in [0.15, 0.2) is 0 Å². The van der Waals surface area contributed by atoms with E-state index in [0.29, 0.717) is 12.1 Å². The molecular formula is C9H14N2O. The summed E-state index contributed by atoms with van der Waals surface area (Å²) in [6.45, 7) is 0. The first-order valence-corrected chi connectivity index (χ1v) is 4.58. The zero-order valence-corrected chi connectivity index (χ0v) is 7.05. The van der Waals surface area contributed by atoms with Crippen molar-refractivity contribution < 1.29 is 4.79 Å². The molecule has 0 spiro atoms. The molecule has 0 bridgehead atoms. The third-order valence-electron chi connectivity index (χ3n) is 2.57. The zero-order chi connectivity index (χ0) is 8.39. The molecule has 0 saturated carbocycles. The lowest BCUT2D eigenvalue weighted by atomic mass is 9.97. The van der Waals surface area contributed by atoms with E-state index in [1.165, 1.54) is 0 Å². The topological polar surface area (TPSA) is 41.1 Å². The normalized spacial score (nSPS) is 37.2. The third kappa shape index (κ3) is 1.44. The molecule has 2 aliphatic rings. The van der Waals surface area contributed by atoms with Gasteiger partial charge >= 0.3 is 6.03 Å². The molecule has 1 saturated heterocycles. The summed E-state index contributed by atoms with van der Waals surface area (Å²) in [7, 11) is 0. The highest BCUT2D eigenvalue weighted by Gasteiger charge is 2.30. The number of amides is 2. The SMILES string of the molecule is O=C1NC2CC/C=C\CCC2N1. The van der Waals surface area contributed by atoms with E-state index in [4.69, 9.17) is 0 Å². The van der Waals surface area contributed by atoms with Crippen LogP contribution in [0.5, 0.6) is 0 Å². The van der Waals surface area contributed by atoms with E-state index in [0.717, 1.165) is 25.7 Å². The Labute approximate surface area is 72.2 Å². The molecule has 12 heavy (non-hydrogen) atoms. The monoisotopic (exact) mass is 166 g/mol. The molecule has 1 aliphatic heterocycles. The first-order chi connectivity index (χ1) is 5.86. The zero-order valence-electron chi connectivity index (χ0n) is 7.05. The Morgan fingerprint density at radius 2 is 1.58 bits per heavy atom. The second-order valence-corrected chi connectivity index (χ2v) is 3.46. The number of nitrogens with one attached hydrogen (secondary N) is 2. The van der Waals surface area contributed by atoms with Gasteiger partial charge in [0.2, 0.25) is 0 Å². The highest BCUT2D eigenvalue weighted by molar-refractivity contribution is 5.77. The first-order valence-electron chi connectivity index (χ1n) is 4.58. The van der Waals surface area contributed by atoms with Gasteiger partial charge in [0.05, 0.1) is 12.1 Å². The maximum Gasteiger partial charge on any atom is 0.315 e. The Morgan fingerprint density at radius 1 is 1.08 bits per heavy atom. The summed E-state index contributed by atoms with van der Waals surface area (Å²) in [6.07, 6.45) is 8.73. The number of carbonyl (C=O) groups is 1. The number of hydrogen-bond donors (Lipinski definition) is 2. The van der Waals surface area contributed by atoms with Gasteiger partial charge < -0.3 is 10.6 Å². The lowest BCUT2D eigenvalue weighted by Gasteiger charge is -2.18. The largest absolute Gasteiger partial charge is 0.333 e. The minimum Gasteiger partial charge on any atom is -0.333 e. The van der Waals surface area contributed by atoms with E-state index in [-0.39, 0.29) is 6.03 Å². The van der Waals surface area contributed by atoms with Gasteiger partial charge in [-0.15, -0.1) is 0 Å². The van der Waals surface area contributed by atoms with Crippen molar-refractivity contribution in [2.24, 2.45) is 0 Å². The molecule has 2 amide bonds. The Kier molecular flexibility index (Phi) is 2.02. The van der Waals surface area contributed by atoms with Gasteiger partial charge in [0.25, 0.3) is 0 Å². The molecule has 3 nitrogen and oxygen atoms in total. The van der Waals surface area contributed by atoms with Crippen LogP contribution < -0.4 is 10.6 Å². The first kappa shape index (κ1) is 7.65. The summed E-state index contributed by atoms with van der Waals surface area (Å²) in [4.78, 5) is 11.0. The number of fused-ring (bicyclic) bond motifs is 1. The van der Waals surface area contributed by atoms with Crippen LogP contribution in [-0.4, -0.2) is 18.1 Å². The third-order valence-corrected chi connectivity index (χ3v) is 2.57. The van der Waals surface area contributed by atoms with E-state index >= 15 is 0 Å². The molecule has 0 aromatic rings. The molecule has 2 N–H and O–H groups in total. The lowest BCUT2D eigenvalue weighted by molar-refractivity contribution is 0.246. The van der Waals surface area contributed by atoms with E-state index in [1.807, 2.05) is 0 Å². The second kappa shape index (κ2) is 3.17. The average molecular weight is 166 g/mol. The maximum absolute atomic E-state index is 11.0. The quantitative estimate of drug-likeness (QED) is 0.521. The summed E-state index contributed by atoms with van der Waals surface area (Å²) in [6, 6.07) is 0.733. The molecule has 1 aliphatic carbocycles. The van der Waals surface area contributed by atoms with Gasteiger partial charge in [0, 0.05) is 0 Å². The van der Waals surface area contributed by atoms with Gasteiger partial charge in [-0.05, 0) is 25.7 Å². The summed E-state index contributed by atoms with van der Waals surface area (Å²) < 4.78 is 0. The molecule has 0 aromatic carbocycles. The van der Waals surface area contributed by atoms with Crippen LogP contribution >= 0.6 is 0 Å². The van der Waals surface area contributed by atoms with Crippen molar-refractivity contribution in [3.63, 3.8) is 0 Å². The van der Waals surface area contributed by atoms with E-state index in [9.17, 15) is 4.79 Å². The van der Waals surface area contributed by atoms with E-state index < -0.39 is 0 Å². The molecule has 0 aromatic heterocycles. The highest BCUT2D eigenvalue weighted by atomic mass is 16.2. The van der Waals surface area contributed by atoms with Crippen LogP contribution in [0.2, 0.25) is 0 Å². The van der Waals surface area contributed by atoms with Crippen LogP contribution in [0.15, 0.2) is 12.2 Å². The molecule has 1 heterocycles. The van der Waals surface area contributed by atoms with Crippen LogP contribution in [0.25, 0.3) is 0 Å². The van der Waals surface area contributed by atoms with Crippen molar-refractivity contribution in [2.45, 2.75) is 37.8 Å². The minimum absolute atomic E-state index is 0.00639. The fraction of sp³-hybridized carbons (Fsp3) is 0.667. The highest BCUT2D eigenvalue weighted by Crippen LogP contribution is 2.16. The summed E-state index contributed by atoms with van der Waals surface area (Å²) in [5, 5.41) is 5.88. The molecule has 1 fully saturated rings. The standard InChI is InChI=1S/C9H14N2O/c12-9-10-7-5-3-1-2-4-6-8(7)11-9/h1-2,7-8H,3-6H2,(H2,10,11,12)/b2-1-. The van der Waals surface area contributed by atoms with Crippen LogP contribution in [0, 0.1) is 0 Å². The Balaban J connectivity index is 2.02. The number of urea groups is 1. The smallest absolute Gasteiger partial charge is 0.315 e. The van der Waals surface area contributed by atoms with Crippen molar-refractivity contribution in [1.82, 2.24) is 10.6 Å². The predicted octanol–water partition coefficient (Wildman–Crippen LogP) is 1.17. The summed E-state index contributed by atoms with van der Waals surface area (Å²) in [5.74, 6) is 0. The predicted molar refractivity (Wildman–Crippen MR) is 46.9 cm³/mol. The van der Waals surface area contributed by atoms with Crippen molar-refractivity contribution in [3.05, 3.63) is 12.2 Å². The lowest BCUT2D eigenvalue weighted by Crippen LogP contribution is -2.33. The Morgan fingerprint density at radius 3 is 2.08 bits per heavy atom. The van der Waals surface area contributed by atoms with Crippen LogP contribution in [-0.2, 0) is 0 Å². The number of rotatable bonds is 0. The fourth-order valence-electron chi connectivity index (χ4n) is 1.91. The van der Waals surface area contributed by atoms with Gasteiger partial charge in [-0.3, -0.25) is 0 Å². The van der Waals surface area contributed by atoms with Crippen LogP contribution in [0.3, 0.4) is 0 Å². The van der Waals surface area contributed by atoms with E-state index in [1.54, 1.807) is 0 Å². The van der Waals surface area contributed by atoms with Crippen molar-refractivity contribution >= 4 is 6.03 Å². The molecule has 3 heteroatoms. The Hall–Kier alpha value is -0.990. The van der Waals surface area contributed by atoms with Crippen molar-refractivity contribution in [1.29, 1.82) is 0 Å². The van der Waals surface area contributed by atoms with Crippen LogP contribution in [0.4, 0.5) is 4.79 Å². The summed E-state index contributed by atoms with van der Waals surface area (Å²) >= 11 is 0. The second-order valence-electron chi connectivity index (χ2n) is 3.46. The number of carbonyl (C=O) groups excluding carboxylic acids is 1. The van der Waals surface area contributed by atoms with E-state index in [2.05, 4.69) is 22.8 Å². The number of hydrogen-bond acceptors (Lipinski definition) is 1. The van der Waals surface area contributed by atoms with Crippen LogP contribution in [0.1, 0.15) is 25.7 Å². The Bertz CT molecular complexity index is 193. The minimum atomic E-state index is 0.00639. The van der Waals surface area contributed by atoms with Crippen molar-refractivity contribution in [2.75, 3.05) is 0 Å². The maximum atomic E-state index is 11.0. The molecule has 2 atom stereocenters. The molecule has 2 rings (SSSR count).